The second kappa shape index (κ2) is 15.4. The molecule has 3 aromatic rings. The number of aromatic amines is 1. The summed E-state index contributed by atoms with van der Waals surface area (Å²) in [6, 6.07) is 9.25. The molecule has 5 N–H and O–H groups in total. The van der Waals surface area contributed by atoms with Gasteiger partial charge in [0, 0.05) is 35.0 Å². The van der Waals surface area contributed by atoms with Gasteiger partial charge in [-0.15, -0.1) is 0 Å². The summed E-state index contributed by atoms with van der Waals surface area (Å²) in [5.74, 6) is -3.19. The van der Waals surface area contributed by atoms with Gasteiger partial charge in [-0.1, -0.05) is 45.9 Å². The fourth-order valence-electron chi connectivity index (χ4n) is 6.39. The van der Waals surface area contributed by atoms with E-state index in [0.717, 1.165) is 16.5 Å². The van der Waals surface area contributed by atoms with Gasteiger partial charge in [0.15, 0.2) is 11.8 Å². The largest absolute Gasteiger partial charge is 0.633 e. The number of Topliss-reactive ketones (excluding diaryl/α,β-unsaturated/α-hetero) is 1. The van der Waals surface area contributed by atoms with Crippen molar-refractivity contribution in [1.29, 1.82) is 0 Å². The van der Waals surface area contributed by atoms with E-state index in [1.165, 1.54) is 14.1 Å². The molecule has 0 saturated heterocycles. The van der Waals surface area contributed by atoms with Crippen LogP contribution in [0.3, 0.4) is 0 Å². The lowest BCUT2D eigenvalue weighted by Crippen LogP contribution is -2.66. The maximum Gasteiger partial charge on any atom is 0.279 e. The Hall–Kier alpha value is -4.75. The second-order valence-electron chi connectivity index (χ2n) is 14.4. The van der Waals surface area contributed by atoms with Crippen molar-refractivity contribution in [2.24, 2.45) is 11.8 Å². The van der Waals surface area contributed by atoms with Crippen LogP contribution in [0.2, 0.25) is 0 Å². The SMILES string of the molecule is CC[C@H](C)[C@@H](C(=O)N[C@H](C(=O)N[C@@H]1C(=O)N[C@@H](Cc2c[nH]c3ccccc23)C(=O)NCC(=O)c2ccc(cc2)OC1(C)C)C(C)C)[N+](C)(C)[O-]. The van der Waals surface area contributed by atoms with Gasteiger partial charge >= 0.3 is 0 Å². The number of para-hydroxylation sites is 1. The van der Waals surface area contributed by atoms with Crippen molar-refractivity contribution in [2.75, 3.05) is 20.6 Å². The number of carbonyl (C=O) groups is 5. The van der Waals surface area contributed by atoms with Gasteiger partial charge in [0.2, 0.25) is 17.7 Å². The highest BCUT2D eigenvalue weighted by molar-refractivity contribution is 6.01. The van der Waals surface area contributed by atoms with Crippen molar-refractivity contribution >= 4 is 40.3 Å². The molecule has 4 amide bonds. The normalized spacial score (nSPS) is 20.2. The van der Waals surface area contributed by atoms with E-state index in [-0.39, 0.29) is 24.7 Å². The van der Waals surface area contributed by atoms with E-state index in [1.807, 2.05) is 38.1 Å². The molecule has 2 aromatic carbocycles. The number of nitrogens with one attached hydrogen (secondary N) is 5. The number of likely N-dealkylation sites (N-methyl/N-ethyl adjacent to an activating group) is 1. The Morgan fingerprint density at radius 3 is 2.28 bits per heavy atom. The van der Waals surface area contributed by atoms with E-state index in [1.54, 1.807) is 58.2 Å². The predicted molar refractivity (Wildman–Crippen MR) is 190 cm³/mol. The van der Waals surface area contributed by atoms with Crippen LogP contribution in [0.4, 0.5) is 0 Å². The van der Waals surface area contributed by atoms with E-state index < -0.39 is 64.0 Å². The second-order valence-corrected chi connectivity index (χ2v) is 14.4. The number of H-pyrrole nitrogens is 1. The van der Waals surface area contributed by atoms with Gasteiger partial charge in [-0.05, 0) is 62.1 Å². The smallest absolute Gasteiger partial charge is 0.279 e. The average Bonchev–Trinajstić information content (AvgIpc) is 3.45. The summed E-state index contributed by atoms with van der Waals surface area (Å²) >= 11 is 0. The Labute approximate surface area is 293 Å². The first-order valence-corrected chi connectivity index (χ1v) is 17.0. The summed E-state index contributed by atoms with van der Waals surface area (Å²) in [5, 5.41) is 24.9. The number of fused-ring (bicyclic) bond motifs is 12. The number of carbonyl (C=O) groups excluding carboxylic acids is 5. The summed E-state index contributed by atoms with van der Waals surface area (Å²) in [6.45, 7) is 10.2. The van der Waals surface area contributed by atoms with E-state index >= 15 is 0 Å². The van der Waals surface area contributed by atoms with Crippen molar-refractivity contribution in [2.45, 2.75) is 84.2 Å². The Morgan fingerprint density at radius 2 is 1.66 bits per heavy atom. The molecule has 0 radical (unpaired) electrons. The fraction of sp³-hybridized carbons (Fsp3) is 0.486. The Morgan fingerprint density at radius 1 is 1.00 bits per heavy atom. The minimum atomic E-state index is -1.41. The number of hydroxylamine groups is 3. The number of nitrogens with zero attached hydrogens (tertiary/aromatic N) is 1. The van der Waals surface area contributed by atoms with Crippen LogP contribution in [-0.2, 0) is 25.6 Å². The molecule has 5 rings (SSSR count). The molecule has 2 aliphatic heterocycles. The summed E-state index contributed by atoms with van der Waals surface area (Å²) in [7, 11) is 2.79. The number of hydrogen-bond donors (Lipinski definition) is 5. The predicted octanol–water partition coefficient (Wildman–Crippen LogP) is 2.98. The van der Waals surface area contributed by atoms with Crippen LogP contribution in [0, 0.1) is 17.0 Å². The van der Waals surface area contributed by atoms with Crippen molar-refractivity contribution in [3.05, 3.63) is 71.1 Å². The van der Waals surface area contributed by atoms with Crippen LogP contribution in [0.25, 0.3) is 10.9 Å². The van der Waals surface area contributed by atoms with Crippen LogP contribution in [0.5, 0.6) is 5.75 Å². The summed E-state index contributed by atoms with van der Waals surface area (Å²) < 4.78 is 5.40. The molecule has 50 heavy (non-hydrogen) atoms. The number of hydrogen-bond acceptors (Lipinski definition) is 7. The zero-order chi connectivity index (χ0) is 37.0. The molecule has 13 heteroatoms. The van der Waals surface area contributed by atoms with Gasteiger partial charge in [-0.2, -0.15) is 0 Å². The van der Waals surface area contributed by atoms with Crippen molar-refractivity contribution in [3.8, 4) is 5.75 Å². The van der Waals surface area contributed by atoms with E-state index in [0.29, 0.717) is 17.7 Å². The van der Waals surface area contributed by atoms with Crippen molar-refractivity contribution in [1.82, 2.24) is 26.3 Å². The molecule has 270 valence electrons. The van der Waals surface area contributed by atoms with Crippen LogP contribution < -0.4 is 26.0 Å². The molecule has 2 bridgehead atoms. The Kier molecular flexibility index (Phi) is 11.7. The summed E-state index contributed by atoms with van der Waals surface area (Å²) in [4.78, 5) is 71.6. The number of rotatable bonds is 10. The maximum absolute atomic E-state index is 14.3. The van der Waals surface area contributed by atoms with Crippen LogP contribution >= 0.6 is 0 Å². The Bertz CT molecular complexity index is 1710. The molecular weight excluding hydrogens is 640 g/mol. The molecule has 1 aromatic heterocycles. The van der Waals surface area contributed by atoms with E-state index in [9.17, 15) is 29.2 Å². The summed E-state index contributed by atoms with van der Waals surface area (Å²) in [6.07, 6.45) is 2.42. The van der Waals surface area contributed by atoms with Gasteiger partial charge in [0.05, 0.1) is 20.6 Å². The molecule has 3 heterocycles. The van der Waals surface area contributed by atoms with Gasteiger partial charge in [0.1, 0.15) is 29.5 Å². The van der Waals surface area contributed by atoms with Crippen molar-refractivity contribution < 1.29 is 33.4 Å². The van der Waals surface area contributed by atoms with Gasteiger partial charge in [-0.3, -0.25) is 24.0 Å². The first kappa shape index (κ1) is 38.1. The lowest BCUT2D eigenvalue weighted by Gasteiger charge is -2.44. The molecule has 2 aliphatic rings. The molecular formula is C37H50N6O7. The lowest BCUT2D eigenvalue weighted by molar-refractivity contribution is -0.860. The first-order chi connectivity index (χ1) is 23.4. The molecule has 0 spiro atoms. The molecule has 0 unspecified atom stereocenters. The van der Waals surface area contributed by atoms with Crippen LogP contribution in [-0.4, -0.2) is 89.5 Å². The molecule has 0 aliphatic carbocycles. The number of ketones is 1. The minimum Gasteiger partial charge on any atom is -0.633 e. The lowest BCUT2D eigenvalue weighted by atomic mass is 9.93. The minimum absolute atomic E-state index is 0.0798. The van der Waals surface area contributed by atoms with E-state index in [2.05, 4.69) is 26.3 Å². The highest BCUT2D eigenvalue weighted by Crippen LogP contribution is 2.25. The summed E-state index contributed by atoms with van der Waals surface area (Å²) in [5.41, 5.74) is 0.568. The van der Waals surface area contributed by atoms with Gasteiger partial charge in [-0.25, -0.2) is 0 Å². The average molecular weight is 691 g/mol. The third-order valence-corrected chi connectivity index (χ3v) is 9.32. The zero-order valence-corrected chi connectivity index (χ0v) is 30.1. The zero-order valence-electron chi connectivity index (χ0n) is 30.1. The molecule has 5 atom stereocenters. The number of amides is 4. The fourth-order valence-corrected chi connectivity index (χ4v) is 6.39. The van der Waals surface area contributed by atoms with Crippen LogP contribution in [0.15, 0.2) is 54.7 Å². The quantitative estimate of drug-likeness (QED) is 0.160. The number of aromatic nitrogens is 1. The van der Waals surface area contributed by atoms with E-state index in [4.69, 9.17) is 4.74 Å². The molecule has 13 nitrogen and oxygen atoms in total. The highest BCUT2D eigenvalue weighted by Gasteiger charge is 2.43. The third kappa shape index (κ3) is 8.88. The van der Waals surface area contributed by atoms with Gasteiger partial charge in [0.25, 0.3) is 5.91 Å². The number of quaternary nitrogens is 1. The monoisotopic (exact) mass is 690 g/mol. The van der Waals surface area contributed by atoms with Gasteiger partial charge < -0.3 is 40.8 Å². The highest BCUT2D eigenvalue weighted by atomic mass is 16.5. The number of ether oxygens (including phenoxy) is 1. The van der Waals surface area contributed by atoms with Crippen LogP contribution in [0.1, 0.15) is 63.9 Å². The molecule has 0 fully saturated rings. The molecule has 0 saturated carbocycles. The third-order valence-electron chi connectivity index (χ3n) is 9.32. The standard InChI is InChI=1S/C37H50N6O7/c1-9-22(4)31(43(7,8)49)35(47)41-30(21(2)3)34(46)42-32-36(48)40-28(18-24-19-38-27-13-11-10-12-26(24)27)33(45)39-20-29(44)23-14-16-25(17-15-23)50-37(32,5)6/h10-17,19,21-22,28,30-32,38H,9,18,20H2,1-8H3,(H,39,45)(H,40,48)(H,41,47)(H,42,46)/t22-,28-,30-,31-,32+/m0/s1. The number of benzene rings is 2. The Balaban J connectivity index is 1.70. The maximum atomic E-state index is 14.3. The topological polar surface area (TPSA) is 182 Å². The first-order valence-electron chi connectivity index (χ1n) is 17.0. The van der Waals surface area contributed by atoms with Crippen molar-refractivity contribution in [3.63, 3.8) is 0 Å².